The van der Waals surface area contributed by atoms with Crippen molar-refractivity contribution < 1.29 is 8.83 Å². The maximum absolute atomic E-state index is 6.51. The molecule has 0 saturated heterocycles. The van der Waals surface area contributed by atoms with Gasteiger partial charge >= 0.3 is 0 Å². The van der Waals surface area contributed by atoms with Crippen LogP contribution in [0.15, 0.2) is 221 Å². The lowest BCUT2D eigenvalue weighted by atomic mass is 9.89. The Hall–Kier alpha value is -7.62. The Kier molecular flexibility index (Phi) is 7.82. The van der Waals surface area contributed by atoms with Gasteiger partial charge in [0, 0.05) is 50.1 Å². The average Bonchev–Trinajstić information content (AvgIpc) is 3.85. The van der Waals surface area contributed by atoms with Gasteiger partial charge in [-0.3, -0.25) is 0 Å². The van der Waals surface area contributed by atoms with Crippen LogP contribution in [0.4, 0.5) is 17.1 Å². The van der Waals surface area contributed by atoms with Crippen LogP contribution < -0.4 is 4.90 Å². The van der Waals surface area contributed by atoms with Crippen LogP contribution in [-0.4, -0.2) is 0 Å². The van der Waals surface area contributed by atoms with E-state index in [1.54, 1.807) is 0 Å². The van der Waals surface area contributed by atoms with E-state index >= 15 is 0 Å². The fourth-order valence-electron chi connectivity index (χ4n) is 8.41. The number of nitrogens with zero attached hydrogens (tertiary/aromatic N) is 1. The predicted octanol–water partition coefficient (Wildman–Crippen LogP) is 15.6. The van der Waals surface area contributed by atoms with Crippen molar-refractivity contribution >= 4 is 60.9 Å². The molecule has 0 N–H and O–H groups in total. The van der Waals surface area contributed by atoms with Crippen molar-refractivity contribution in [2.24, 2.45) is 0 Å². The van der Waals surface area contributed by atoms with E-state index in [-0.39, 0.29) is 0 Å². The van der Waals surface area contributed by atoms with Crippen LogP contribution >= 0.6 is 0 Å². The molecule has 2 heterocycles. The molecule has 57 heavy (non-hydrogen) atoms. The molecule has 11 aromatic rings. The quantitative estimate of drug-likeness (QED) is 0.164. The number of hydrogen-bond donors (Lipinski definition) is 0. The highest BCUT2D eigenvalue weighted by molar-refractivity contribution is 6.17. The van der Waals surface area contributed by atoms with E-state index in [0.29, 0.717) is 0 Å². The molecule has 3 heteroatoms. The number of hydrogen-bond acceptors (Lipinski definition) is 3. The molecule has 0 atom stereocenters. The maximum Gasteiger partial charge on any atom is 0.137 e. The maximum atomic E-state index is 6.51. The first-order chi connectivity index (χ1) is 28.3. The second kappa shape index (κ2) is 13.6. The first kappa shape index (κ1) is 32.8. The van der Waals surface area contributed by atoms with Crippen molar-refractivity contribution in [3.8, 4) is 44.5 Å². The summed E-state index contributed by atoms with van der Waals surface area (Å²) in [6.45, 7) is 0. The van der Waals surface area contributed by atoms with Gasteiger partial charge in [-0.2, -0.15) is 0 Å². The zero-order chi connectivity index (χ0) is 37.7. The van der Waals surface area contributed by atoms with Crippen molar-refractivity contribution in [1.29, 1.82) is 0 Å². The number of para-hydroxylation sites is 3. The van der Waals surface area contributed by atoms with Gasteiger partial charge in [-0.25, -0.2) is 0 Å². The minimum Gasteiger partial charge on any atom is -0.456 e. The molecular weight excluding hydrogens is 695 g/mol. The molecule has 0 radical (unpaired) electrons. The van der Waals surface area contributed by atoms with Crippen molar-refractivity contribution in [3.05, 3.63) is 212 Å². The van der Waals surface area contributed by atoms with E-state index < -0.39 is 0 Å². The van der Waals surface area contributed by atoms with Gasteiger partial charge in [-0.05, 0) is 88.0 Å². The molecule has 0 aliphatic heterocycles. The molecule has 9 aromatic carbocycles. The molecule has 0 aliphatic carbocycles. The molecule has 3 nitrogen and oxygen atoms in total. The lowest BCUT2D eigenvalue weighted by Crippen LogP contribution is -2.11. The third kappa shape index (κ3) is 5.68. The largest absolute Gasteiger partial charge is 0.456 e. The van der Waals surface area contributed by atoms with Crippen molar-refractivity contribution in [2.45, 2.75) is 0 Å². The molecule has 0 fully saturated rings. The molecule has 0 aliphatic rings. The minimum atomic E-state index is 0.850. The van der Waals surface area contributed by atoms with Gasteiger partial charge in [0.1, 0.15) is 22.3 Å². The van der Waals surface area contributed by atoms with Crippen LogP contribution in [0.2, 0.25) is 0 Å². The fourth-order valence-corrected chi connectivity index (χ4v) is 8.41. The van der Waals surface area contributed by atoms with Gasteiger partial charge < -0.3 is 13.7 Å². The highest BCUT2D eigenvalue weighted by Gasteiger charge is 2.23. The van der Waals surface area contributed by atoms with E-state index in [2.05, 4.69) is 199 Å². The SMILES string of the molecule is c1ccc(-c2ccc(-c3c(-c4ccccc4N(c4ccc(-c5ccccc5)cc4)c4ccc5c(c4)oc4ccccc45)ccc4oc5ccccc5c34)cc2)cc1. The minimum absolute atomic E-state index is 0.850. The van der Waals surface area contributed by atoms with Crippen LogP contribution in [0.3, 0.4) is 0 Å². The van der Waals surface area contributed by atoms with Gasteiger partial charge in [0.15, 0.2) is 0 Å². The van der Waals surface area contributed by atoms with Crippen molar-refractivity contribution in [1.82, 2.24) is 0 Å². The normalized spacial score (nSPS) is 11.5. The Morgan fingerprint density at radius 2 is 0.807 bits per heavy atom. The van der Waals surface area contributed by atoms with Gasteiger partial charge in [0.25, 0.3) is 0 Å². The van der Waals surface area contributed by atoms with E-state index in [1.807, 2.05) is 18.2 Å². The number of benzene rings is 9. The van der Waals surface area contributed by atoms with Crippen LogP contribution in [0, 0.1) is 0 Å². The van der Waals surface area contributed by atoms with Crippen LogP contribution in [0.5, 0.6) is 0 Å². The molecule has 0 bridgehead atoms. The summed E-state index contributed by atoms with van der Waals surface area (Å²) in [7, 11) is 0. The molecule has 2 aromatic heterocycles. The Morgan fingerprint density at radius 3 is 1.53 bits per heavy atom. The lowest BCUT2D eigenvalue weighted by molar-refractivity contribution is 0.668. The second-order valence-corrected chi connectivity index (χ2v) is 14.4. The van der Waals surface area contributed by atoms with Crippen LogP contribution in [-0.2, 0) is 0 Å². The number of rotatable bonds is 7. The molecule has 268 valence electrons. The number of furan rings is 2. The Labute approximate surface area is 330 Å². The van der Waals surface area contributed by atoms with E-state index in [4.69, 9.17) is 8.83 Å². The highest BCUT2D eigenvalue weighted by atomic mass is 16.3. The molecule has 0 amide bonds. The Morgan fingerprint density at radius 1 is 0.298 bits per heavy atom. The number of anilines is 3. The second-order valence-electron chi connectivity index (χ2n) is 14.4. The lowest BCUT2D eigenvalue weighted by Gasteiger charge is -2.28. The monoisotopic (exact) mass is 729 g/mol. The smallest absolute Gasteiger partial charge is 0.137 e. The van der Waals surface area contributed by atoms with Gasteiger partial charge in [0.2, 0.25) is 0 Å². The summed E-state index contributed by atoms with van der Waals surface area (Å²) in [5.74, 6) is 0. The average molecular weight is 730 g/mol. The highest BCUT2D eigenvalue weighted by Crippen LogP contribution is 2.48. The van der Waals surface area contributed by atoms with Gasteiger partial charge in [-0.15, -0.1) is 0 Å². The Balaban J connectivity index is 1.14. The van der Waals surface area contributed by atoms with Gasteiger partial charge in [0.05, 0.1) is 5.69 Å². The third-order valence-corrected chi connectivity index (χ3v) is 11.1. The van der Waals surface area contributed by atoms with Gasteiger partial charge in [-0.1, -0.05) is 152 Å². The molecule has 0 spiro atoms. The zero-order valence-corrected chi connectivity index (χ0v) is 31.0. The van der Waals surface area contributed by atoms with Crippen molar-refractivity contribution in [2.75, 3.05) is 4.90 Å². The first-order valence-corrected chi connectivity index (χ1v) is 19.3. The molecule has 0 unspecified atom stereocenters. The third-order valence-electron chi connectivity index (χ3n) is 11.1. The van der Waals surface area contributed by atoms with Crippen LogP contribution in [0.25, 0.3) is 88.4 Å². The molecule has 0 saturated carbocycles. The predicted molar refractivity (Wildman–Crippen MR) is 237 cm³/mol. The standard InChI is InChI=1S/C54H35NO2/c1-3-13-36(14-4-1)38-23-25-40(26-24-38)53-46(33-34-51-54(53)47-19-9-12-22-50(47)56-51)43-17-7-10-20-48(43)55(41-29-27-39(28-30-41)37-15-5-2-6-16-37)42-31-32-45-44-18-8-11-21-49(44)57-52(45)35-42/h1-35H. The number of fused-ring (bicyclic) bond motifs is 6. The van der Waals surface area contributed by atoms with E-state index in [1.165, 1.54) is 22.3 Å². The zero-order valence-electron chi connectivity index (χ0n) is 31.0. The summed E-state index contributed by atoms with van der Waals surface area (Å²) in [4.78, 5) is 2.36. The Bertz CT molecular complexity index is 3210. The summed E-state index contributed by atoms with van der Waals surface area (Å²) in [5.41, 5.74) is 15.8. The van der Waals surface area contributed by atoms with Crippen molar-refractivity contribution in [3.63, 3.8) is 0 Å². The van der Waals surface area contributed by atoms with E-state index in [0.717, 1.165) is 83.2 Å². The summed E-state index contributed by atoms with van der Waals surface area (Å²) in [5, 5.41) is 4.41. The summed E-state index contributed by atoms with van der Waals surface area (Å²) in [6.07, 6.45) is 0. The summed E-state index contributed by atoms with van der Waals surface area (Å²) >= 11 is 0. The first-order valence-electron chi connectivity index (χ1n) is 19.3. The van der Waals surface area contributed by atoms with Crippen LogP contribution in [0.1, 0.15) is 0 Å². The topological polar surface area (TPSA) is 29.5 Å². The van der Waals surface area contributed by atoms with E-state index in [9.17, 15) is 0 Å². The summed E-state index contributed by atoms with van der Waals surface area (Å²) in [6, 6.07) is 75.2. The molecular formula is C54H35NO2. The summed E-state index contributed by atoms with van der Waals surface area (Å²) < 4.78 is 13.0. The molecule has 11 rings (SSSR count). The fraction of sp³-hybridized carbons (Fsp3) is 0.